The molecule has 0 aromatic heterocycles. The number of nitrogens with zero attached hydrogens (tertiary/aromatic N) is 2. The number of ether oxygens (including phenoxy) is 1. The lowest BCUT2D eigenvalue weighted by Crippen LogP contribution is -2.34. The molecule has 0 saturated carbocycles. The van der Waals surface area contributed by atoms with Crippen LogP contribution in [0.1, 0.15) is 30.0 Å². The summed E-state index contributed by atoms with van der Waals surface area (Å²) in [6.45, 7) is 2.71. The number of carbonyl (C=O) groups excluding carboxylic acids is 1. The summed E-state index contributed by atoms with van der Waals surface area (Å²) >= 11 is 0. The highest BCUT2D eigenvalue weighted by atomic mass is 16.6. The smallest absolute Gasteiger partial charge is 0.322 e. The van der Waals surface area contributed by atoms with Gasteiger partial charge in [0.1, 0.15) is 5.75 Å². The Kier molecular flexibility index (Phi) is 5.06. The van der Waals surface area contributed by atoms with Crippen molar-refractivity contribution < 1.29 is 14.5 Å². The van der Waals surface area contributed by atoms with Crippen molar-refractivity contribution in [2.75, 3.05) is 19.0 Å². The highest BCUT2D eigenvalue weighted by Crippen LogP contribution is 2.35. The number of rotatable bonds is 4. The van der Waals surface area contributed by atoms with Gasteiger partial charge in [0.05, 0.1) is 29.8 Å². The third kappa shape index (κ3) is 3.46. The minimum absolute atomic E-state index is 0.0280. The molecule has 0 spiro atoms. The Bertz CT molecular complexity index is 837. The second-order valence-electron chi connectivity index (χ2n) is 6.28. The first-order valence-electron chi connectivity index (χ1n) is 8.47. The van der Waals surface area contributed by atoms with Gasteiger partial charge in [-0.1, -0.05) is 24.3 Å². The zero-order chi connectivity index (χ0) is 18.7. The molecule has 1 aliphatic rings. The van der Waals surface area contributed by atoms with Crippen LogP contribution in [0, 0.1) is 17.0 Å². The minimum atomic E-state index is -0.497. The van der Waals surface area contributed by atoms with Crippen molar-refractivity contribution in [3.8, 4) is 5.75 Å². The molecule has 7 nitrogen and oxygen atoms in total. The molecule has 0 aliphatic carbocycles. The van der Waals surface area contributed by atoms with E-state index < -0.39 is 4.92 Å². The largest absolute Gasteiger partial charge is 0.494 e. The van der Waals surface area contributed by atoms with E-state index in [1.807, 2.05) is 30.0 Å². The molecule has 136 valence electrons. The van der Waals surface area contributed by atoms with Crippen LogP contribution in [0.2, 0.25) is 0 Å². The number of nitro groups is 1. The van der Waals surface area contributed by atoms with E-state index in [2.05, 4.69) is 11.4 Å². The third-order valence-corrected chi connectivity index (χ3v) is 4.70. The number of likely N-dealkylation sites (tertiary alicyclic amines) is 1. The Morgan fingerprint density at radius 2 is 2.08 bits per heavy atom. The summed E-state index contributed by atoms with van der Waals surface area (Å²) in [4.78, 5) is 25.0. The summed E-state index contributed by atoms with van der Waals surface area (Å²) in [6, 6.07) is 12.0. The van der Waals surface area contributed by atoms with Crippen LogP contribution in [-0.4, -0.2) is 29.5 Å². The Morgan fingerprint density at radius 3 is 2.77 bits per heavy atom. The summed E-state index contributed by atoms with van der Waals surface area (Å²) in [7, 11) is 1.42. The van der Waals surface area contributed by atoms with Crippen molar-refractivity contribution in [2.45, 2.75) is 25.8 Å². The van der Waals surface area contributed by atoms with Crippen LogP contribution in [-0.2, 0) is 0 Å². The van der Waals surface area contributed by atoms with Gasteiger partial charge >= 0.3 is 6.03 Å². The molecule has 1 N–H and O–H groups in total. The fraction of sp³-hybridized carbons (Fsp3) is 0.316. The van der Waals surface area contributed by atoms with Crippen LogP contribution in [0.25, 0.3) is 0 Å². The number of aryl methyl sites for hydroxylation is 1. The van der Waals surface area contributed by atoms with Crippen LogP contribution in [0.5, 0.6) is 5.75 Å². The maximum absolute atomic E-state index is 12.8. The second kappa shape index (κ2) is 7.43. The molecular weight excluding hydrogens is 334 g/mol. The Morgan fingerprint density at radius 1 is 1.31 bits per heavy atom. The standard InChI is InChI=1S/C19H21N3O4/c1-13-6-3-4-7-15(13)17-8-5-11-21(17)19(23)20-16-10-9-14(22(24)25)12-18(16)26-2/h3-4,6-7,9-10,12,17H,5,8,11H2,1-2H3,(H,20,23)/t17-/m1/s1. The second-order valence-corrected chi connectivity index (χ2v) is 6.28. The van der Waals surface area contributed by atoms with Crippen LogP contribution < -0.4 is 10.1 Å². The van der Waals surface area contributed by atoms with E-state index in [4.69, 9.17) is 4.74 Å². The number of anilines is 1. The van der Waals surface area contributed by atoms with Gasteiger partial charge in [0.2, 0.25) is 0 Å². The first-order chi connectivity index (χ1) is 12.5. The van der Waals surface area contributed by atoms with Gasteiger partial charge < -0.3 is 15.0 Å². The van der Waals surface area contributed by atoms with E-state index in [9.17, 15) is 14.9 Å². The molecule has 2 aromatic rings. The van der Waals surface area contributed by atoms with Crippen molar-refractivity contribution >= 4 is 17.4 Å². The molecule has 3 rings (SSSR count). The number of nitrogens with one attached hydrogen (secondary N) is 1. The lowest BCUT2D eigenvalue weighted by Gasteiger charge is -2.26. The average molecular weight is 355 g/mol. The number of methoxy groups -OCH3 is 1. The minimum Gasteiger partial charge on any atom is -0.494 e. The van der Waals surface area contributed by atoms with Gasteiger partial charge in [0.15, 0.2) is 0 Å². The maximum atomic E-state index is 12.8. The normalized spacial score (nSPS) is 16.4. The molecule has 2 amide bonds. The molecule has 0 radical (unpaired) electrons. The summed E-state index contributed by atoms with van der Waals surface area (Å²) in [5.74, 6) is 0.263. The highest BCUT2D eigenvalue weighted by Gasteiger charge is 2.31. The molecule has 1 aliphatic heterocycles. The quantitative estimate of drug-likeness (QED) is 0.655. The number of hydrogen-bond acceptors (Lipinski definition) is 4. The average Bonchev–Trinajstić information content (AvgIpc) is 3.11. The van der Waals surface area contributed by atoms with Crippen LogP contribution >= 0.6 is 0 Å². The zero-order valence-corrected chi connectivity index (χ0v) is 14.8. The van der Waals surface area contributed by atoms with Crippen molar-refractivity contribution in [1.29, 1.82) is 0 Å². The third-order valence-electron chi connectivity index (χ3n) is 4.70. The SMILES string of the molecule is COc1cc([N+](=O)[O-])ccc1NC(=O)N1CCC[C@@H]1c1ccccc1C. The number of nitro benzene ring substituents is 1. The number of carbonyl (C=O) groups is 1. The molecular formula is C19H21N3O4. The van der Waals surface area contributed by atoms with Gasteiger partial charge in [-0.05, 0) is 37.0 Å². The first-order valence-corrected chi connectivity index (χ1v) is 8.47. The van der Waals surface area contributed by atoms with Gasteiger partial charge in [-0.15, -0.1) is 0 Å². The Hall–Kier alpha value is -3.09. The molecule has 1 atom stereocenters. The van der Waals surface area contributed by atoms with Gasteiger partial charge in [-0.2, -0.15) is 0 Å². The molecule has 1 saturated heterocycles. The summed E-state index contributed by atoms with van der Waals surface area (Å²) in [5.41, 5.74) is 2.64. The molecule has 7 heteroatoms. The van der Waals surface area contributed by atoms with E-state index >= 15 is 0 Å². The zero-order valence-electron chi connectivity index (χ0n) is 14.8. The fourth-order valence-electron chi connectivity index (χ4n) is 3.38. The predicted octanol–water partition coefficient (Wildman–Crippen LogP) is 4.28. The van der Waals surface area contributed by atoms with E-state index in [0.717, 1.165) is 24.0 Å². The number of benzene rings is 2. The van der Waals surface area contributed by atoms with Gasteiger partial charge in [-0.25, -0.2) is 4.79 Å². The van der Waals surface area contributed by atoms with E-state index in [1.54, 1.807) is 0 Å². The monoisotopic (exact) mass is 355 g/mol. The van der Waals surface area contributed by atoms with Gasteiger partial charge in [0.25, 0.3) is 5.69 Å². The lowest BCUT2D eigenvalue weighted by molar-refractivity contribution is -0.384. The molecule has 0 bridgehead atoms. The number of hydrogen-bond donors (Lipinski definition) is 1. The predicted molar refractivity (Wildman–Crippen MR) is 98.5 cm³/mol. The van der Waals surface area contributed by atoms with E-state index in [-0.39, 0.29) is 23.5 Å². The molecule has 1 heterocycles. The molecule has 2 aromatic carbocycles. The van der Waals surface area contributed by atoms with E-state index in [0.29, 0.717) is 12.2 Å². The first kappa shape index (κ1) is 17.7. The van der Waals surface area contributed by atoms with Gasteiger partial charge in [-0.3, -0.25) is 10.1 Å². The lowest BCUT2D eigenvalue weighted by atomic mass is 9.99. The van der Waals surface area contributed by atoms with Crippen LogP contribution in [0.15, 0.2) is 42.5 Å². The maximum Gasteiger partial charge on any atom is 0.322 e. The number of urea groups is 1. The summed E-state index contributed by atoms with van der Waals surface area (Å²) in [5, 5.41) is 13.7. The molecule has 0 unspecified atom stereocenters. The fourth-order valence-corrected chi connectivity index (χ4v) is 3.38. The van der Waals surface area contributed by atoms with Gasteiger partial charge in [0, 0.05) is 12.6 Å². The Labute approximate surface area is 151 Å². The number of non-ortho nitro benzene ring substituents is 1. The van der Waals surface area contributed by atoms with Crippen molar-refractivity contribution in [3.05, 3.63) is 63.7 Å². The Balaban J connectivity index is 1.81. The van der Waals surface area contributed by atoms with E-state index in [1.165, 1.54) is 25.3 Å². The van der Waals surface area contributed by atoms with Crippen LogP contribution in [0.3, 0.4) is 0 Å². The van der Waals surface area contributed by atoms with Crippen molar-refractivity contribution in [3.63, 3.8) is 0 Å². The summed E-state index contributed by atoms with van der Waals surface area (Å²) < 4.78 is 5.19. The topological polar surface area (TPSA) is 84.7 Å². The number of amides is 2. The van der Waals surface area contributed by atoms with Crippen molar-refractivity contribution in [2.24, 2.45) is 0 Å². The summed E-state index contributed by atoms with van der Waals surface area (Å²) in [6.07, 6.45) is 1.85. The van der Waals surface area contributed by atoms with Crippen LogP contribution in [0.4, 0.5) is 16.2 Å². The van der Waals surface area contributed by atoms with Crippen molar-refractivity contribution in [1.82, 2.24) is 4.90 Å². The molecule has 26 heavy (non-hydrogen) atoms. The molecule has 1 fully saturated rings. The highest BCUT2D eigenvalue weighted by molar-refractivity contribution is 5.91.